The van der Waals surface area contributed by atoms with Crippen molar-refractivity contribution in [3.8, 4) is 5.75 Å². The number of amides is 1. The molecule has 0 aromatic heterocycles. The van der Waals surface area contributed by atoms with Gasteiger partial charge in [0.1, 0.15) is 5.82 Å². The van der Waals surface area contributed by atoms with E-state index in [0.717, 1.165) is 12.1 Å². The summed E-state index contributed by atoms with van der Waals surface area (Å²) in [6.45, 7) is 1.39. The van der Waals surface area contributed by atoms with Gasteiger partial charge in [-0.3, -0.25) is 9.52 Å². The first-order valence-corrected chi connectivity index (χ1v) is 8.20. The number of hydrogen-bond acceptors (Lipinski definition) is 4. The van der Waals surface area contributed by atoms with E-state index in [4.69, 9.17) is 4.74 Å². The largest absolute Gasteiger partial charge is 0.479 e. The highest BCUT2D eigenvalue weighted by Crippen LogP contribution is 2.37. The molecule has 0 radical (unpaired) electrons. The molecule has 0 aliphatic carbocycles. The van der Waals surface area contributed by atoms with E-state index in [1.807, 2.05) is 0 Å². The van der Waals surface area contributed by atoms with Crippen molar-refractivity contribution in [1.82, 2.24) is 0 Å². The van der Waals surface area contributed by atoms with Crippen LogP contribution in [-0.4, -0.2) is 20.9 Å². The lowest BCUT2D eigenvalue weighted by Gasteiger charge is -2.21. The second kappa shape index (κ2) is 5.54. The lowest BCUT2D eigenvalue weighted by atomic mass is 10.2. The van der Waals surface area contributed by atoms with Gasteiger partial charge in [-0.1, -0.05) is 18.2 Å². The predicted octanol–water partition coefficient (Wildman–Crippen LogP) is 2.27. The average Bonchev–Trinajstić information content (AvgIpc) is 2.46. The van der Waals surface area contributed by atoms with Crippen LogP contribution in [0.1, 0.15) is 5.56 Å². The molecule has 3 rings (SSSR count). The van der Waals surface area contributed by atoms with Crippen LogP contribution in [0.2, 0.25) is 0 Å². The van der Waals surface area contributed by atoms with Gasteiger partial charge >= 0.3 is 0 Å². The molecule has 0 atom stereocenters. The van der Waals surface area contributed by atoms with Crippen LogP contribution >= 0.6 is 0 Å². The fraction of sp³-hybridized carbons (Fsp3) is 0.133. The van der Waals surface area contributed by atoms with Crippen LogP contribution in [0.4, 0.5) is 15.8 Å². The Bertz CT molecular complexity index is 896. The highest BCUT2D eigenvalue weighted by atomic mass is 32.2. The summed E-state index contributed by atoms with van der Waals surface area (Å²) >= 11 is 0. The summed E-state index contributed by atoms with van der Waals surface area (Å²) in [5.41, 5.74) is 0.575. The molecule has 1 amide bonds. The summed E-state index contributed by atoms with van der Waals surface area (Å²) in [4.78, 5) is 11.4. The molecule has 0 saturated heterocycles. The third-order valence-corrected chi connectivity index (χ3v) is 4.83. The van der Waals surface area contributed by atoms with E-state index in [2.05, 4.69) is 10.0 Å². The monoisotopic (exact) mass is 336 g/mol. The SMILES string of the molecule is Cc1ccccc1S(=O)(=O)Nc1cc(F)cc2c1OCC(=O)N2. The zero-order valence-corrected chi connectivity index (χ0v) is 12.9. The molecule has 0 bridgehead atoms. The summed E-state index contributed by atoms with van der Waals surface area (Å²) < 4.78 is 46.3. The molecule has 2 aromatic rings. The van der Waals surface area contributed by atoms with Crippen LogP contribution in [0.3, 0.4) is 0 Å². The van der Waals surface area contributed by atoms with Crippen molar-refractivity contribution in [2.45, 2.75) is 11.8 Å². The second-order valence-electron chi connectivity index (χ2n) is 5.04. The minimum Gasteiger partial charge on any atom is -0.479 e. The molecular weight excluding hydrogens is 323 g/mol. The Morgan fingerprint density at radius 3 is 2.74 bits per heavy atom. The maximum absolute atomic E-state index is 13.7. The Morgan fingerprint density at radius 2 is 2.00 bits per heavy atom. The summed E-state index contributed by atoms with van der Waals surface area (Å²) in [5, 5.41) is 2.44. The lowest BCUT2D eigenvalue weighted by molar-refractivity contribution is -0.118. The average molecular weight is 336 g/mol. The Balaban J connectivity index is 2.04. The normalized spacial score (nSPS) is 13.7. The van der Waals surface area contributed by atoms with Gasteiger partial charge in [0, 0.05) is 12.1 Å². The molecule has 0 saturated carbocycles. The molecule has 2 aromatic carbocycles. The Kier molecular flexibility index (Phi) is 3.69. The van der Waals surface area contributed by atoms with Crippen molar-refractivity contribution in [3.05, 3.63) is 47.8 Å². The van der Waals surface area contributed by atoms with Crippen molar-refractivity contribution < 1.29 is 22.3 Å². The van der Waals surface area contributed by atoms with Crippen LogP contribution < -0.4 is 14.8 Å². The van der Waals surface area contributed by atoms with Crippen molar-refractivity contribution >= 4 is 27.3 Å². The lowest BCUT2D eigenvalue weighted by Crippen LogP contribution is -2.26. The third-order valence-electron chi connectivity index (χ3n) is 3.30. The number of carbonyl (C=O) groups excluding carboxylic acids is 1. The van der Waals surface area contributed by atoms with Crippen LogP contribution in [0.15, 0.2) is 41.3 Å². The van der Waals surface area contributed by atoms with E-state index in [1.165, 1.54) is 6.07 Å². The smallest absolute Gasteiger partial charge is 0.262 e. The molecule has 2 N–H and O–H groups in total. The highest BCUT2D eigenvalue weighted by Gasteiger charge is 2.24. The highest BCUT2D eigenvalue weighted by molar-refractivity contribution is 7.92. The number of anilines is 2. The summed E-state index contributed by atoms with van der Waals surface area (Å²) in [6.07, 6.45) is 0. The quantitative estimate of drug-likeness (QED) is 0.900. The van der Waals surface area contributed by atoms with Gasteiger partial charge in [-0.2, -0.15) is 0 Å². The minimum absolute atomic E-state index is 0.0664. The molecule has 0 spiro atoms. The van der Waals surface area contributed by atoms with Crippen LogP contribution in [0.25, 0.3) is 0 Å². The van der Waals surface area contributed by atoms with Gasteiger partial charge in [0.15, 0.2) is 12.4 Å². The van der Waals surface area contributed by atoms with Crippen LogP contribution in [0, 0.1) is 12.7 Å². The van der Waals surface area contributed by atoms with E-state index in [9.17, 15) is 17.6 Å². The number of sulfonamides is 1. The van der Waals surface area contributed by atoms with Gasteiger partial charge < -0.3 is 10.1 Å². The Morgan fingerprint density at radius 1 is 1.26 bits per heavy atom. The van der Waals surface area contributed by atoms with Crippen molar-refractivity contribution in [2.75, 3.05) is 16.6 Å². The number of ether oxygens (including phenoxy) is 1. The maximum atomic E-state index is 13.7. The molecule has 1 aliphatic rings. The molecule has 8 heteroatoms. The predicted molar refractivity (Wildman–Crippen MR) is 82.5 cm³/mol. The number of nitrogens with one attached hydrogen (secondary N) is 2. The second-order valence-corrected chi connectivity index (χ2v) is 6.69. The first kappa shape index (κ1) is 15.3. The first-order chi connectivity index (χ1) is 10.9. The van der Waals surface area contributed by atoms with Crippen molar-refractivity contribution in [3.63, 3.8) is 0 Å². The molecule has 0 unspecified atom stereocenters. The standard InChI is InChI=1S/C15H13FN2O4S/c1-9-4-2-3-5-13(9)23(20,21)18-12-7-10(16)6-11-15(12)22-8-14(19)17-11/h2-7,18H,8H2,1H3,(H,17,19). The van der Waals surface area contributed by atoms with Crippen LogP contribution in [-0.2, 0) is 14.8 Å². The van der Waals surface area contributed by atoms with E-state index >= 15 is 0 Å². The zero-order chi connectivity index (χ0) is 16.6. The van der Waals surface area contributed by atoms with E-state index in [-0.39, 0.29) is 28.6 Å². The number of aryl methyl sites for hydroxylation is 1. The summed E-state index contributed by atoms with van der Waals surface area (Å²) in [5.74, 6) is -1.05. The fourth-order valence-corrected chi connectivity index (χ4v) is 3.60. The number of fused-ring (bicyclic) bond motifs is 1. The zero-order valence-electron chi connectivity index (χ0n) is 12.1. The molecule has 1 aliphatic heterocycles. The van der Waals surface area contributed by atoms with Gasteiger partial charge in [0.05, 0.1) is 16.3 Å². The number of carbonyl (C=O) groups is 1. The third kappa shape index (κ3) is 2.98. The Hall–Kier alpha value is -2.61. The molecule has 1 heterocycles. The van der Waals surface area contributed by atoms with Gasteiger partial charge in [-0.15, -0.1) is 0 Å². The first-order valence-electron chi connectivity index (χ1n) is 6.71. The number of hydrogen-bond donors (Lipinski definition) is 2. The number of halogens is 1. The molecule has 6 nitrogen and oxygen atoms in total. The summed E-state index contributed by atoms with van der Waals surface area (Å²) in [6, 6.07) is 8.50. The summed E-state index contributed by atoms with van der Waals surface area (Å²) in [7, 11) is -3.92. The number of rotatable bonds is 3. The van der Waals surface area contributed by atoms with Gasteiger partial charge in [0.25, 0.3) is 15.9 Å². The minimum atomic E-state index is -3.92. The fourth-order valence-electron chi connectivity index (χ4n) is 2.30. The van der Waals surface area contributed by atoms with Gasteiger partial charge in [-0.05, 0) is 18.6 Å². The molecular formula is C15H13FN2O4S. The van der Waals surface area contributed by atoms with E-state index in [0.29, 0.717) is 5.56 Å². The topological polar surface area (TPSA) is 84.5 Å². The number of benzene rings is 2. The maximum Gasteiger partial charge on any atom is 0.262 e. The van der Waals surface area contributed by atoms with Crippen LogP contribution in [0.5, 0.6) is 5.75 Å². The van der Waals surface area contributed by atoms with Gasteiger partial charge in [0.2, 0.25) is 0 Å². The van der Waals surface area contributed by atoms with Crippen molar-refractivity contribution in [2.24, 2.45) is 0 Å². The molecule has 0 fully saturated rings. The van der Waals surface area contributed by atoms with Crippen molar-refractivity contribution in [1.29, 1.82) is 0 Å². The molecule has 23 heavy (non-hydrogen) atoms. The van der Waals surface area contributed by atoms with E-state index in [1.54, 1.807) is 25.1 Å². The van der Waals surface area contributed by atoms with Gasteiger partial charge in [-0.25, -0.2) is 12.8 Å². The Labute approximate surface area is 132 Å². The van der Waals surface area contributed by atoms with E-state index < -0.39 is 21.7 Å². The molecule has 120 valence electrons.